The summed E-state index contributed by atoms with van der Waals surface area (Å²) < 4.78 is 40.0. The van der Waals surface area contributed by atoms with Gasteiger partial charge >= 0.3 is 0 Å². The van der Waals surface area contributed by atoms with Crippen molar-refractivity contribution in [1.82, 2.24) is 0 Å². The number of benzene rings is 1. The first-order chi connectivity index (χ1) is 8.90. The van der Waals surface area contributed by atoms with E-state index >= 15 is 0 Å². The van der Waals surface area contributed by atoms with Gasteiger partial charge in [0, 0.05) is 18.1 Å². The fourth-order valence-electron chi connectivity index (χ4n) is 2.77. The van der Waals surface area contributed by atoms with Crippen LogP contribution in [0.15, 0.2) is 12.1 Å². The van der Waals surface area contributed by atoms with Gasteiger partial charge < -0.3 is 0 Å². The molecular formula is C15H17F3O. The molecule has 0 aliphatic heterocycles. The molecule has 19 heavy (non-hydrogen) atoms. The van der Waals surface area contributed by atoms with E-state index in [1.165, 1.54) is 0 Å². The van der Waals surface area contributed by atoms with Gasteiger partial charge in [-0.1, -0.05) is 13.8 Å². The van der Waals surface area contributed by atoms with Crippen LogP contribution in [0.1, 0.15) is 43.5 Å². The van der Waals surface area contributed by atoms with E-state index in [9.17, 15) is 18.0 Å². The monoisotopic (exact) mass is 270 g/mol. The number of ketones is 1. The van der Waals surface area contributed by atoms with Gasteiger partial charge in [-0.3, -0.25) is 4.79 Å². The molecule has 0 bridgehead atoms. The van der Waals surface area contributed by atoms with Crippen molar-refractivity contribution < 1.29 is 18.0 Å². The van der Waals surface area contributed by atoms with Crippen molar-refractivity contribution in [3.8, 4) is 0 Å². The minimum absolute atomic E-state index is 0.356. The predicted molar refractivity (Wildman–Crippen MR) is 66.3 cm³/mol. The first-order valence-electron chi connectivity index (χ1n) is 6.59. The molecule has 1 aromatic rings. The molecule has 0 spiro atoms. The molecule has 0 radical (unpaired) electrons. The Morgan fingerprint density at radius 3 is 2.16 bits per heavy atom. The van der Waals surface area contributed by atoms with E-state index in [1.54, 1.807) is 0 Å². The molecule has 0 aromatic heterocycles. The van der Waals surface area contributed by atoms with Gasteiger partial charge in [-0.25, -0.2) is 13.2 Å². The summed E-state index contributed by atoms with van der Waals surface area (Å²) in [5.74, 6) is -3.23. The van der Waals surface area contributed by atoms with Crippen molar-refractivity contribution in [2.75, 3.05) is 0 Å². The Morgan fingerprint density at radius 2 is 1.63 bits per heavy atom. The molecule has 1 nitrogen and oxygen atoms in total. The number of halogens is 3. The zero-order chi connectivity index (χ0) is 14.2. The van der Waals surface area contributed by atoms with Crippen LogP contribution in [0.2, 0.25) is 0 Å². The molecule has 1 aliphatic rings. The smallest absolute Gasteiger partial charge is 0.171 e. The lowest BCUT2D eigenvalue weighted by molar-refractivity contribution is 0.0828. The Balaban J connectivity index is 2.25. The average molecular weight is 270 g/mol. The van der Waals surface area contributed by atoms with Crippen LogP contribution in [0, 0.1) is 35.2 Å². The molecular weight excluding hydrogens is 253 g/mol. The van der Waals surface area contributed by atoms with E-state index < -0.39 is 28.8 Å². The molecule has 1 saturated carbocycles. The zero-order valence-corrected chi connectivity index (χ0v) is 11.1. The highest BCUT2D eigenvalue weighted by molar-refractivity contribution is 5.98. The highest BCUT2D eigenvalue weighted by Crippen LogP contribution is 2.35. The summed E-state index contributed by atoms with van der Waals surface area (Å²) in [7, 11) is 0. The molecule has 4 heteroatoms. The summed E-state index contributed by atoms with van der Waals surface area (Å²) in [4.78, 5) is 12.2. The molecule has 0 saturated heterocycles. The number of carbonyl (C=O) groups excluding carboxylic acids is 1. The van der Waals surface area contributed by atoms with Crippen LogP contribution < -0.4 is 0 Å². The van der Waals surface area contributed by atoms with Gasteiger partial charge in [-0.05, 0) is 31.1 Å². The summed E-state index contributed by atoms with van der Waals surface area (Å²) in [6.45, 7) is 4.16. The van der Waals surface area contributed by atoms with Crippen LogP contribution in [-0.2, 0) is 0 Å². The Labute approximate surface area is 110 Å². The molecule has 1 fully saturated rings. The molecule has 3 unspecified atom stereocenters. The van der Waals surface area contributed by atoms with Crippen LogP contribution in [0.5, 0.6) is 0 Å². The van der Waals surface area contributed by atoms with Crippen molar-refractivity contribution >= 4 is 5.78 Å². The first kappa shape index (κ1) is 14.1. The molecule has 104 valence electrons. The lowest BCUT2D eigenvalue weighted by atomic mass is 9.73. The van der Waals surface area contributed by atoms with Crippen LogP contribution in [0.25, 0.3) is 0 Å². The third-order valence-electron chi connectivity index (χ3n) is 4.22. The summed E-state index contributed by atoms with van der Waals surface area (Å²) in [6, 6.07) is 1.12. The van der Waals surface area contributed by atoms with Crippen LogP contribution in [0.3, 0.4) is 0 Å². The fourth-order valence-corrected chi connectivity index (χ4v) is 2.77. The Kier molecular flexibility index (Phi) is 3.97. The van der Waals surface area contributed by atoms with E-state index in [0.29, 0.717) is 36.8 Å². The topological polar surface area (TPSA) is 17.1 Å². The summed E-state index contributed by atoms with van der Waals surface area (Å²) >= 11 is 0. The maximum atomic E-state index is 13.6. The Morgan fingerprint density at radius 1 is 1.05 bits per heavy atom. The Bertz CT molecular complexity index is 475. The first-order valence-corrected chi connectivity index (χ1v) is 6.59. The van der Waals surface area contributed by atoms with Gasteiger partial charge in [0.05, 0.1) is 5.56 Å². The van der Waals surface area contributed by atoms with E-state index in [1.807, 2.05) is 6.92 Å². The lowest BCUT2D eigenvalue weighted by Gasteiger charge is -2.31. The minimum Gasteiger partial charge on any atom is -0.294 e. The van der Waals surface area contributed by atoms with Crippen LogP contribution in [-0.4, -0.2) is 5.78 Å². The second-order valence-corrected chi connectivity index (χ2v) is 5.57. The summed E-state index contributed by atoms with van der Waals surface area (Å²) in [5, 5.41) is 0. The molecule has 0 amide bonds. The third kappa shape index (κ3) is 2.82. The molecule has 0 heterocycles. The largest absolute Gasteiger partial charge is 0.294 e. The van der Waals surface area contributed by atoms with E-state index in [2.05, 4.69) is 6.92 Å². The summed E-state index contributed by atoms with van der Waals surface area (Å²) in [6.07, 6.45) is 2.15. The van der Waals surface area contributed by atoms with Crippen molar-refractivity contribution in [3.63, 3.8) is 0 Å². The third-order valence-corrected chi connectivity index (χ3v) is 4.22. The zero-order valence-electron chi connectivity index (χ0n) is 11.1. The quantitative estimate of drug-likeness (QED) is 0.730. The van der Waals surface area contributed by atoms with E-state index in [0.717, 1.165) is 6.42 Å². The fraction of sp³-hybridized carbons (Fsp3) is 0.533. The highest BCUT2D eigenvalue weighted by atomic mass is 19.1. The standard InChI is InChI=1S/C15H17F3O/c1-8-3-4-10(5-9(8)2)15(19)14-12(17)6-11(16)7-13(14)18/h6-10H,3-5H2,1-2H3. The number of carbonyl (C=O) groups is 1. The maximum Gasteiger partial charge on any atom is 0.171 e. The van der Waals surface area contributed by atoms with Gasteiger partial charge in [0.25, 0.3) is 0 Å². The van der Waals surface area contributed by atoms with Gasteiger partial charge in [-0.2, -0.15) is 0 Å². The lowest BCUT2D eigenvalue weighted by Crippen LogP contribution is -2.27. The van der Waals surface area contributed by atoms with Crippen molar-refractivity contribution in [2.45, 2.75) is 33.1 Å². The van der Waals surface area contributed by atoms with Crippen molar-refractivity contribution in [3.05, 3.63) is 35.1 Å². The predicted octanol–water partition coefficient (Wildman–Crippen LogP) is 4.36. The normalized spacial score (nSPS) is 27.3. The number of rotatable bonds is 2. The van der Waals surface area contributed by atoms with Gasteiger partial charge in [0.15, 0.2) is 5.78 Å². The van der Waals surface area contributed by atoms with E-state index in [-0.39, 0.29) is 5.92 Å². The van der Waals surface area contributed by atoms with Gasteiger partial charge in [0.2, 0.25) is 0 Å². The highest BCUT2D eigenvalue weighted by Gasteiger charge is 2.32. The number of hydrogen-bond donors (Lipinski definition) is 0. The SMILES string of the molecule is CC1CCC(C(=O)c2c(F)cc(F)cc2F)CC1C. The van der Waals surface area contributed by atoms with Gasteiger partial charge in [-0.15, -0.1) is 0 Å². The molecule has 0 N–H and O–H groups in total. The van der Waals surface area contributed by atoms with Crippen LogP contribution >= 0.6 is 0 Å². The Hall–Kier alpha value is -1.32. The van der Waals surface area contributed by atoms with Crippen molar-refractivity contribution in [2.24, 2.45) is 17.8 Å². The minimum atomic E-state index is -1.10. The number of hydrogen-bond acceptors (Lipinski definition) is 1. The molecule has 1 aromatic carbocycles. The average Bonchev–Trinajstić information content (AvgIpc) is 2.31. The van der Waals surface area contributed by atoms with Crippen molar-refractivity contribution in [1.29, 1.82) is 0 Å². The molecule has 3 atom stereocenters. The van der Waals surface area contributed by atoms with E-state index in [4.69, 9.17) is 0 Å². The van der Waals surface area contributed by atoms with Gasteiger partial charge in [0.1, 0.15) is 17.5 Å². The second kappa shape index (κ2) is 5.35. The maximum absolute atomic E-state index is 13.6. The number of Topliss-reactive ketones (excluding diaryl/α,β-unsaturated/α-hetero) is 1. The summed E-state index contributed by atoms with van der Waals surface area (Å²) in [5.41, 5.74) is -0.590. The molecule has 1 aliphatic carbocycles. The van der Waals surface area contributed by atoms with Crippen LogP contribution in [0.4, 0.5) is 13.2 Å². The second-order valence-electron chi connectivity index (χ2n) is 5.57. The molecule has 2 rings (SSSR count).